The Labute approximate surface area is 177 Å². The summed E-state index contributed by atoms with van der Waals surface area (Å²) in [5, 5.41) is 2.80. The van der Waals surface area contributed by atoms with Crippen LogP contribution in [0.5, 0.6) is 0 Å². The van der Waals surface area contributed by atoms with E-state index in [2.05, 4.69) is 48.1 Å². The summed E-state index contributed by atoms with van der Waals surface area (Å²) in [5.41, 5.74) is 4.79. The Morgan fingerprint density at radius 3 is 2.67 bits per heavy atom. The summed E-state index contributed by atoms with van der Waals surface area (Å²) < 4.78 is 19.7. The third kappa shape index (κ3) is 3.98. The van der Waals surface area contributed by atoms with Gasteiger partial charge in [-0.2, -0.15) is 0 Å². The van der Waals surface area contributed by atoms with E-state index >= 15 is 0 Å². The Bertz CT molecular complexity index is 1000. The average Bonchev–Trinajstić information content (AvgIpc) is 3.29. The number of ether oxygens (including phenoxy) is 1. The summed E-state index contributed by atoms with van der Waals surface area (Å²) >= 11 is 0. The maximum absolute atomic E-state index is 13.8. The number of nitrogens with zero attached hydrogens (tertiary/aromatic N) is 2. The van der Waals surface area contributed by atoms with Gasteiger partial charge < -0.3 is 15.0 Å². The number of hydrogen-bond donors (Lipinski definition) is 1. The first-order valence-electron chi connectivity index (χ1n) is 10.5. The van der Waals surface area contributed by atoms with Crippen LogP contribution in [0.3, 0.4) is 0 Å². The lowest BCUT2D eigenvalue weighted by Crippen LogP contribution is -2.32. The van der Waals surface area contributed by atoms with Crippen molar-refractivity contribution in [2.75, 3.05) is 38.5 Å². The minimum absolute atomic E-state index is 0.250. The molecular weight excluding hydrogens is 381 g/mol. The molecule has 0 atom stereocenters. The van der Waals surface area contributed by atoms with Gasteiger partial charge in [0.1, 0.15) is 18.2 Å². The lowest BCUT2D eigenvalue weighted by Gasteiger charge is -2.23. The maximum Gasteiger partial charge on any atom is 0.260 e. The minimum Gasteiger partial charge on any atom is -0.487 e. The fraction of sp³-hybridized carbons (Fsp3) is 0.375. The summed E-state index contributed by atoms with van der Waals surface area (Å²) in [7, 11) is 2.14. The first kappa shape index (κ1) is 20.6. The number of carbonyl (C=O) groups is 1. The van der Waals surface area contributed by atoms with Gasteiger partial charge in [-0.05, 0) is 43.9 Å². The van der Waals surface area contributed by atoms with E-state index in [1.807, 2.05) is 6.07 Å². The quantitative estimate of drug-likeness (QED) is 0.704. The van der Waals surface area contributed by atoms with Gasteiger partial charge in [0, 0.05) is 42.0 Å². The molecule has 2 heterocycles. The topological polar surface area (TPSA) is 44.8 Å². The van der Waals surface area contributed by atoms with Crippen LogP contribution < -0.4 is 5.32 Å². The molecule has 1 N–H and O–H groups in total. The van der Waals surface area contributed by atoms with Crippen molar-refractivity contribution in [1.29, 1.82) is 0 Å². The van der Waals surface area contributed by atoms with Crippen molar-refractivity contribution in [2.45, 2.75) is 27.0 Å². The van der Waals surface area contributed by atoms with Gasteiger partial charge in [0.2, 0.25) is 0 Å². The van der Waals surface area contributed by atoms with Crippen LogP contribution >= 0.6 is 0 Å². The summed E-state index contributed by atoms with van der Waals surface area (Å²) in [6, 6.07) is 10.6. The van der Waals surface area contributed by atoms with Crippen LogP contribution in [0.4, 0.5) is 10.1 Å². The van der Waals surface area contributed by atoms with E-state index < -0.39 is 0 Å². The Hall–Kier alpha value is -2.70. The molecule has 1 amide bonds. The molecule has 0 unspecified atom stereocenters. The second-order valence-electron chi connectivity index (χ2n) is 7.89. The standard InChI is InChI=1S/C24H28FN3O2/c1-4-27(3)10-11-28(5-2)14-16-6-8-19-17(12-16)15-30-23(19)22-20-13-18(25)7-9-21(20)26-24(22)29/h6-9,12-13H,4-5,10-11,14-15H2,1-3H3,(H,26,29). The van der Waals surface area contributed by atoms with Gasteiger partial charge in [-0.15, -0.1) is 0 Å². The number of anilines is 1. The largest absolute Gasteiger partial charge is 0.487 e. The Balaban J connectivity index is 1.58. The van der Waals surface area contributed by atoms with Crippen LogP contribution in [0, 0.1) is 5.82 Å². The Kier molecular flexibility index (Phi) is 5.88. The molecule has 0 bridgehead atoms. The fourth-order valence-electron chi connectivity index (χ4n) is 3.96. The van der Waals surface area contributed by atoms with Gasteiger partial charge in [0.05, 0.1) is 5.57 Å². The van der Waals surface area contributed by atoms with Crippen molar-refractivity contribution >= 4 is 22.9 Å². The summed E-state index contributed by atoms with van der Waals surface area (Å²) in [6.07, 6.45) is 0. The number of halogens is 1. The fourth-order valence-corrected chi connectivity index (χ4v) is 3.96. The summed E-state index contributed by atoms with van der Waals surface area (Å²) in [4.78, 5) is 17.3. The number of amides is 1. The number of fused-ring (bicyclic) bond motifs is 2. The van der Waals surface area contributed by atoms with E-state index in [-0.39, 0.29) is 11.7 Å². The highest BCUT2D eigenvalue weighted by Crippen LogP contribution is 2.41. The van der Waals surface area contributed by atoms with Crippen molar-refractivity contribution < 1.29 is 13.9 Å². The van der Waals surface area contributed by atoms with E-state index in [0.717, 1.165) is 43.9 Å². The molecule has 0 saturated heterocycles. The molecule has 2 aromatic rings. The lowest BCUT2D eigenvalue weighted by atomic mass is 9.99. The van der Waals surface area contributed by atoms with E-state index in [0.29, 0.717) is 29.2 Å². The molecule has 30 heavy (non-hydrogen) atoms. The van der Waals surface area contributed by atoms with Crippen LogP contribution in [-0.2, 0) is 22.7 Å². The molecule has 0 saturated carbocycles. The Morgan fingerprint density at radius 1 is 1.07 bits per heavy atom. The maximum atomic E-state index is 13.8. The van der Waals surface area contributed by atoms with Crippen molar-refractivity contribution in [3.05, 3.63) is 64.5 Å². The number of hydrogen-bond acceptors (Lipinski definition) is 4. The highest BCUT2D eigenvalue weighted by atomic mass is 19.1. The lowest BCUT2D eigenvalue weighted by molar-refractivity contribution is -0.110. The SMILES string of the molecule is CCN(C)CCN(CC)Cc1ccc2c(c1)COC2=C1C(=O)Nc2ccc(F)cc21. The second kappa shape index (κ2) is 8.58. The molecule has 158 valence electrons. The van der Waals surface area contributed by atoms with Gasteiger partial charge in [0.15, 0.2) is 0 Å². The van der Waals surface area contributed by atoms with Crippen LogP contribution in [0.1, 0.15) is 36.1 Å². The molecule has 2 aliphatic heterocycles. The van der Waals surface area contributed by atoms with Gasteiger partial charge in [-0.3, -0.25) is 9.69 Å². The molecule has 0 aliphatic carbocycles. The number of nitrogens with one attached hydrogen (secondary N) is 1. The molecular formula is C24H28FN3O2. The number of likely N-dealkylation sites (N-methyl/N-ethyl adjacent to an activating group) is 2. The molecule has 4 rings (SSSR count). The van der Waals surface area contributed by atoms with Gasteiger partial charge in [-0.25, -0.2) is 4.39 Å². The van der Waals surface area contributed by atoms with Crippen LogP contribution in [0.25, 0.3) is 11.3 Å². The number of benzene rings is 2. The molecule has 2 aromatic carbocycles. The van der Waals surface area contributed by atoms with Crippen LogP contribution in [0.15, 0.2) is 36.4 Å². The van der Waals surface area contributed by atoms with Crippen LogP contribution in [-0.4, -0.2) is 48.9 Å². The molecule has 2 aliphatic rings. The zero-order valence-corrected chi connectivity index (χ0v) is 17.8. The van der Waals surface area contributed by atoms with E-state index in [4.69, 9.17) is 4.74 Å². The Morgan fingerprint density at radius 2 is 1.90 bits per heavy atom. The third-order valence-corrected chi connectivity index (χ3v) is 5.93. The van der Waals surface area contributed by atoms with Gasteiger partial charge >= 0.3 is 0 Å². The minimum atomic E-state index is -0.370. The molecule has 0 spiro atoms. The smallest absolute Gasteiger partial charge is 0.260 e. The molecule has 0 fully saturated rings. The third-order valence-electron chi connectivity index (χ3n) is 5.93. The number of rotatable bonds is 7. The molecule has 0 aromatic heterocycles. The van der Waals surface area contributed by atoms with Crippen molar-refractivity contribution in [1.82, 2.24) is 9.80 Å². The predicted octanol–water partition coefficient (Wildman–Crippen LogP) is 3.95. The number of carbonyl (C=O) groups excluding carboxylic acids is 1. The van der Waals surface area contributed by atoms with Crippen LogP contribution in [0.2, 0.25) is 0 Å². The zero-order valence-electron chi connectivity index (χ0n) is 17.8. The first-order chi connectivity index (χ1) is 14.5. The molecule has 5 nitrogen and oxygen atoms in total. The zero-order chi connectivity index (χ0) is 21.3. The van der Waals surface area contributed by atoms with E-state index in [1.165, 1.54) is 17.7 Å². The van der Waals surface area contributed by atoms with Gasteiger partial charge in [0.25, 0.3) is 5.91 Å². The normalized spacial score (nSPS) is 17.3. The highest BCUT2D eigenvalue weighted by Gasteiger charge is 2.32. The summed E-state index contributed by atoms with van der Waals surface area (Å²) in [5.74, 6) is -0.0830. The molecule has 0 radical (unpaired) electrons. The highest BCUT2D eigenvalue weighted by molar-refractivity contribution is 6.36. The van der Waals surface area contributed by atoms with Crippen molar-refractivity contribution in [3.63, 3.8) is 0 Å². The second-order valence-corrected chi connectivity index (χ2v) is 7.89. The van der Waals surface area contributed by atoms with Crippen molar-refractivity contribution in [3.8, 4) is 0 Å². The van der Waals surface area contributed by atoms with Crippen molar-refractivity contribution in [2.24, 2.45) is 0 Å². The molecule has 6 heteroatoms. The average molecular weight is 410 g/mol. The van der Waals surface area contributed by atoms with E-state index in [9.17, 15) is 9.18 Å². The monoisotopic (exact) mass is 409 g/mol. The predicted molar refractivity (Wildman–Crippen MR) is 117 cm³/mol. The first-order valence-corrected chi connectivity index (χ1v) is 10.5. The summed E-state index contributed by atoms with van der Waals surface area (Å²) in [6.45, 7) is 9.74. The van der Waals surface area contributed by atoms with Gasteiger partial charge in [-0.1, -0.05) is 32.0 Å². The van der Waals surface area contributed by atoms with E-state index in [1.54, 1.807) is 6.07 Å².